The van der Waals surface area contributed by atoms with Crippen molar-refractivity contribution in [1.82, 2.24) is 10.4 Å². The van der Waals surface area contributed by atoms with Gasteiger partial charge < -0.3 is 0 Å². The monoisotopic (exact) mass is 241 g/mol. The maximum atomic E-state index is 5.63. The first-order chi connectivity index (χ1) is 8.78. The van der Waals surface area contributed by atoms with Crippen molar-refractivity contribution in [2.75, 3.05) is 0 Å². The highest BCUT2D eigenvalue weighted by Crippen LogP contribution is 2.09. The van der Waals surface area contributed by atoms with E-state index >= 15 is 0 Å². The Morgan fingerprint density at radius 1 is 1.11 bits per heavy atom. The zero-order valence-corrected chi connectivity index (χ0v) is 10.6. The normalized spacial score (nSPS) is 12.3. The van der Waals surface area contributed by atoms with Crippen LogP contribution in [-0.4, -0.2) is 11.0 Å². The van der Waals surface area contributed by atoms with E-state index in [9.17, 15) is 0 Å². The molecule has 1 aromatic carbocycles. The van der Waals surface area contributed by atoms with Crippen molar-refractivity contribution < 1.29 is 0 Å². The molecule has 0 spiro atoms. The number of aromatic nitrogens is 1. The molecule has 0 amide bonds. The molecule has 3 N–H and O–H groups in total. The molecule has 3 nitrogen and oxygen atoms in total. The lowest BCUT2D eigenvalue weighted by atomic mass is 10.00. The molecule has 1 atom stereocenters. The first-order valence-electron chi connectivity index (χ1n) is 6.18. The summed E-state index contributed by atoms with van der Waals surface area (Å²) in [5, 5.41) is 0. The molecule has 0 saturated carbocycles. The average Bonchev–Trinajstić information content (AvgIpc) is 2.41. The third-order valence-electron chi connectivity index (χ3n) is 3.04. The topological polar surface area (TPSA) is 50.9 Å². The van der Waals surface area contributed by atoms with Gasteiger partial charge in [-0.25, -0.2) is 0 Å². The summed E-state index contributed by atoms with van der Waals surface area (Å²) in [6.07, 6.45) is 5.48. The Balaban J connectivity index is 1.99. The number of hydrogen-bond acceptors (Lipinski definition) is 3. The highest BCUT2D eigenvalue weighted by atomic mass is 15.2. The molecule has 1 unspecified atom stereocenters. The van der Waals surface area contributed by atoms with Crippen molar-refractivity contribution >= 4 is 0 Å². The van der Waals surface area contributed by atoms with E-state index in [0.29, 0.717) is 0 Å². The average molecular weight is 241 g/mol. The third-order valence-corrected chi connectivity index (χ3v) is 3.04. The number of benzene rings is 1. The second kappa shape index (κ2) is 6.28. The number of hydrazine groups is 1. The van der Waals surface area contributed by atoms with Crippen molar-refractivity contribution in [3.63, 3.8) is 0 Å². The Hall–Kier alpha value is -1.71. The Morgan fingerprint density at radius 3 is 2.44 bits per heavy atom. The fourth-order valence-corrected chi connectivity index (χ4v) is 2.00. The van der Waals surface area contributed by atoms with Gasteiger partial charge in [-0.1, -0.05) is 35.9 Å². The fraction of sp³-hybridized carbons (Fsp3) is 0.267. The summed E-state index contributed by atoms with van der Waals surface area (Å²) >= 11 is 0. The van der Waals surface area contributed by atoms with Crippen molar-refractivity contribution in [2.45, 2.75) is 25.8 Å². The highest BCUT2D eigenvalue weighted by Gasteiger charge is 2.08. The lowest BCUT2D eigenvalue weighted by Gasteiger charge is -2.16. The molecule has 0 fully saturated rings. The zero-order chi connectivity index (χ0) is 12.8. The lowest BCUT2D eigenvalue weighted by molar-refractivity contribution is 0.522. The molecule has 2 aromatic rings. The SMILES string of the molecule is Cc1ccc(CC(Cc2cccnc2)NN)cc1. The Morgan fingerprint density at radius 2 is 1.83 bits per heavy atom. The van der Waals surface area contributed by atoms with Crippen LogP contribution in [0.5, 0.6) is 0 Å². The van der Waals surface area contributed by atoms with Gasteiger partial charge in [0, 0.05) is 18.4 Å². The van der Waals surface area contributed by atoms with Gasteiger partial charge in [0.25, 0.3) is 0 Å². The van der Waals surface area contributed by atoms with Crippen LogP contribution in [-0.2, 0) is 12.8 Å². The molecular formula is C15H19N3. The van der Waals surface area contributed by atoms with E-state index in [2.05, 4.69) is 47.7 Å². The van der Waals surface area contributed by atoms with Crippen LogP contribution in [0.3, 0.4) is 0 Å². The van der Waals surface area contributed by atoms with Crippen LogP contribution < -0.4 is 11.3 Å². The standard InChI is InChI=1S/C15H19N3/c1-12-4-6-13(7-5-12)9-15(18-16)10-14-3-2-8-17-11-14/h2-8,11,15,18H,9-10,16H2,1H3. The van der Waals surface area contributed by atoms with E-state index in [-0.39, 0.29) is 6.04 Å². The van der Waals surface area contributed by atoms with Crippen LogP contribution in [0.25, 0.3) is 0 Å². The first-order valence-corrected chi connectivity index (χ1v) is 6.18. The molecule has 2 rings (SSSR count). The summed E-state index contributed by atoms with van der Waals surface area (Å²) in [7, 11) is 0. The number of nitrogens with two attached hydrogens (primary N) is 1. The number of nitrogens with one attached hydrogen (secondary N) is 1. The fourth-order valence-electron chi connectivity index (χ4n) is 2.00. The smallest absolute Gasteiger partial charge is 0.0300 e. The van der Waals surface area contributed by atoms with Gasteiger partial charge in [-0.05, 0) is 37.0 Å². The quantitative estimate of drug-likeness (QED) is 0.622. The summed E-state index contributed by atoms with van der Waals surface area (Å²) in [5.74, 6) is 5.63. The van der Waals surface area contributed by atoms with Crippen LogP contribution in [0, 0.1) is 6.92 Å². The van der Waals surface area contributed by atoms with Crippen LogP contribution >= 0.6 is 0 Å². The first kappa shape index (κ1) is 12.7. The van der Waals surface area contributed by atoms with E-state index < -0.39 is 0 Å². The van der Waals surface area contributed by atoms with Gasteiger partial charge in [-0.2, -0.15) is 0 Å². The van der Waals surface area contributed by atoms with Gasteiger partial charge in [0.05, 0.1) is 0 Å². The van der Waals surface area contributed by atoms with Gasteiger partial charge in [-0.15, -0.1) is 0 Å². The van der Waals surface area contributed by atoms with Gasteiger partial charge >= 0.3 is 0 Å². The van der Waals surface area contributed by atoms with E-state index in [1.165, 1.54) is 16.7 Å². The van der Waals surface area contributed by atoms with Gasteiger partial charge in [-0.3, -0.25) is 16.3 Å². The van der Waals surface area contributed by atoms with Gasteiger partial charge in [0.2, 0.25) is 0 Å². The lowest BCUT2D eigenvalue weighted by Crippen LogP contribution is -2.38. The molecule has 0 bridgehead atoms. The Kier molecular flexibility index (Phi) is 4.45. The predicted molar refractivity (Wildman–Crippen MR) is 73.9 cm³/mol. The number of hydrogen-bond donors (Lipinski definition) is 2. The molecular weight excluding hydrogens is 222 g/mol. The van der Waals surface area contributed by atoms with Gasteiger partial charge in [0.1, 0.15) is 0 Å². The second-order valence-electron chi connectivity index (χ2n) is 4.62. The number of rotatable bonds is 5. The molecule has 18 heavy (non-hydrogen) atoms. The predicted octanol–water partition coefficient (Wildman–Crippen LogP) is 2.01. The summed E-state index contributed by atoms with van der Waals surface area (Å²) in [5.41, 5.74) is 6.67. The van der Waals surface area contributed by atoms with E-state index in [0.717, 1.165) is 12.8 Å². The van der Waals surface area contributed by atoms with Crippen LogP contribution in [0.2, 0.25) is 0 Å². The molecule has 1 aromatic heterocycles. The largest absolute Gasteiger partial charge is 0.271 e. The maximum absolute atomic E-state index is 5.63. The Labute approximate surface area is 108 Å². The molecule has 0 aliphatic heterocycles. The summed E-state index contributed by atoms with van der Waals surface area (Å²) in [6.45, 7) is 2.10. The molecule has 0 saturated heterocycles. The van der Waals surface area contributed by atoms with E-state index in [1.807, 2.05) is 12.3 Å². The third kappa shape index (κ3) is 3.65. The van der Waals surface area contributed by atoms with Crippen LogP contribution in [0.15, 0.2) is 48.8 Å². The summed E-state index contributed by atoms with van der Waals surface area (Å²) in [4.78, 5) is 4.12. The molecule has 0 aliphatic carbocycles. The van der Waals surface area contributed by atoms with Crippen molar-refractivity contribution in [3.05, 3.63) is 65.5 Å². The molecule has 0 radical (unpaired) electrons. The molecule has 0 aliphatic rings. The summed E-state index contributed by atoms with van der Waals surface area (Å²) in [6, 6.07) is 12.8. The van der Waals surface area contributed by atoms with Crippen LogP contribution in [0.1, 0.15) is 16.7 Å². The minimum atomic E-state index is 0.233. The van der Waals surface area contributed by atoms with E-state index in [1.54, 1.807) is 6.20 Å². The minimum absolute atomic E-state index is 0.233. The van der Waals surface area contributed by atoms with Crippen molar-refractivity contribution in [1.29, 1.82) is 0 Å². The number of aryl methyl sites for hydroxylation is 1. The molecule has 1 heterocycles. The zero-order valence-electron chi connectivity index (χ0n) is 10.6. The van der Waals surface area contributed by atoms with Crippen LogP contribution in [0.4, 0.5) is 0 Å². The summed E-state index contributed by atoms with van der Waals surface area (Å²) < 4.78 is 0. The minimum Gasteiger partial charge on any atom is -0.271 e. The number of pyridine rings is 1. The van der Waals surface area contributed by atoms with Gasteiger partial charge in [0.15, 0.2) is 0 Å². The number of nitrogens with zero attached hydrogens (tertiary/aromatic N) is 1. The second-order valence-corrected chi connectivity index (χ2v) is 4.62. The van der Waals surface area contributed by atoms with E-state index in [4.69, 9.17) is 5.84 Å². The van der Waals surface area contributed by atoms with Crippen molar-refractivity contribution in [3.8, 4) is 0 Å². The molecule has 94 valence electrons. The molecule has 3 heteroatoms. The Bertz CT molecular complexity index is 465. The maximum Gasteiger partial charge on any atom is 0.0300 e. The highest BCUT2D eigenvalue weighted by molar-refractivity contribution is 5.22. The van der Waals surface area contributed by atoms with Crippen molar-refractivity contribution in [2.24, 2.45) is 5.84 Å².